The van der Waals surface area contributed by atoms with E-state index in [9.17, 15) is 9.90 Å². The van der Waals surface area contributed by atoms with Crippen LogP contribution in [0.4, 0.5) is 0 Å². The van der Waals surface area contributed by atoms with Crippen LogP contribution in [0.15, 0.2) is 0 Å². The van der Waals surface area contributed by atoms with Crippen molar-refractivity contribution in [1.82, 2.24) is 5.32 Å². The number of amides is 1. The molecule has 0 aromatic carbocycles. The SMILES string of the molecule is COCCC(C)(O)CNC(=O)C(C)C. The summed E-state index contributed by atoms with van der Waals surface area (Å²) < 4.78 is 4.86. The Morgan fingerprint density at radius 2 is 2.14 bits per heavy atom. The molecule has 4 nitrogen and oxygen atoms in total. The van der Waals surface area contributed by atoms with Crippen molar-refractivity contribution >= 4 is 5.91 Å². The Hall–Kier alpha value is -0.610. The Labute approximate surface area is 85.6 Å². The molecule has 2 N–H and O–H groups in total. The third-order valence-corrected chi connectivity index (χ3v) is 2.01. The molecule has 0 saturated heterocycles. The van der Waals surface area contributed by atoms with Crippen LogP contribution in [0.3, 0.4) is 0 Å². The number of nitrogens with one attached hydrogen (secondary N) is 1. The van der Waals surface area contributed by atoms with Crippen LogP contribution in [0.25, 0.3) is 0 Å². The molecule has 0 aliphatic carbocycles. The van der Waals surface area contributed by atoms with E-state index < -0.39 is 5.60 Å². The molecular weight excluding hydrogens is 182 g/mol. The lowest BCUT2D eigenvalue weighted by atomic mass is 10.0. The Balaban J connectivity index is 3.80. The van der Waals surface area contributed by atoms with Crippen LogP contribution < -0.4 is 5.32 Å². The van der Waals surface area contributed by atoms with Crippen LogP contribution in [0.1, 0.15) is 27.2 Å². The maximum Gasteiger partial charge on any atom is 0.222 e. The number of methoxy groups -OCH3 is 1. The van der Waals surface area contributed by atoms with Crippen LogP contribution in [0.5, 0.6) is 0 Å². The second-order valence-corrected chi connectivity index (χ2v) is 4.11. The van der Waals surface area contributed by atoms with E-state index >= 15 is 0 Å². The second-order valence-electron chi connectivity index (χ2n) is 4.11. The Morgan fingerprint density at radius 3 is 2.57 bits per heavy atom. The number of hydrogen-bond acceptors (Lipinski definition) is 3. The summed E-state index contributed by atoms with van der Waals surface area (Å²) in [4.78, 5) is 11.2. The minimum atomic E-state index is -0.888. The Kier molecular flexibility index (Phi) is 5.72. The highest BCUT2D eigenvalue weighted by molar-refractivity contribution is 5.77. The van der Waals surface area contributed by atoms with Crippen molar-refractivity contribution in [2.45, 2.75) is 32.8 Å². The molecule has 0 radical (unpaired) electrons. The number of ether oxygens (including phenoxy) is 1. The molecule has 0 spiro atoms. The summed E-state index contributed by atoms with van der Waals surface area (Å²) >= 11 is 0. The summed E-state index contributed by atoms with van der Waals surface area (Å²) in [6.45, 7) is 6.09. The van der Waals surface area contributed by atoms with Gasteiger partial charge in [0, 0.05) is 32.6 Å². The first-order valence-corrected chi connectivity index (χ1v) is 4.88. The summed E-state index contributed by atoms with van der Waals surface area (Å²) in [7, 11) is 1.59. The van der Waals surface area contributed by atoms with E-state index in [1.807, 2.05) is 13.8 Å². The molecule has 0 heterocycles. The van der Waals surface area contributed by atoms with Gasteiger partial charge in [0.05, 0.1) is 5.60 Å². The quantitative estimate of drug-likeness (QED) is 0.662. The standard InChI is InChI=1S/C10H21NO3/c1-8(2)9(12)11-7-10(3,13)5-6-14-4/h8,13H,5-7H2,1-4H3,(H,11,12). The van der Waals surface area contributed by atoms with Gasteiger partial charge in [-0.3, -0.25) is 4.79 Å². The summed E-state index contributed by atoms with van der Waals surface area (Å²) in [5, 5.41) is 12.5. The molecule has 0 aromatic rings. The van der Waals surface area contributed by atoms with Gasteiger partial charge in [-0.05, 0) is 6.92 Å². The van der Waals surface area contributed by atoms with Gasteiger partial charge in [0.25, 0.3) is 0 Å². The van der Waals surface area contributed by atoms with E-state index in [0.29, 0.717) is 13.0 Å². The third kappa shape index (κ3) is 5.94. The lowest BCUT2D eigenvalue weighted by Crippen LogP contribution is -2.42. The molecule has 0 aliphatic rings. The van der Waals surface area contributed by atoms with Crippen molar-refractivity contribution in [3.63, 3.8) is 0 Å². The minimum absolute atomic E-state index is 0.0392. The Bertz CT molecular complexity index is 178. The first kappa shape index (κ1) is 13.4. The van der Waals surface area contributed by atoms with Gasteiger partial charge in [-0.15, -0.1) is 0 Å². The van der Waals surface area contributed by atoms with Crippen LogP contribution in [-0.4, -0.2) is 36.9 Å². The average Bonchev–Trinajstić information content (AvgIpc) is 2.11. The highest BCUT2D eigenvalue weighted by Gasteiger charge is 2.21. The fourth-order valence-electron chi connectivity index (χ4n) is 0.892. The molecule has 0 aromatic heterocycles. The van der Waals surface area contributed by atoms with Gasteiger partial charge >= 0.3 is 0 Å². The predicted molar refractivity (Wildman–Crippen MR) is 55.0 cm³/mol. The molecule has 0 fully saturated rings. The number of hydrogen-bond donors (Lipinski definition) is 2. The van der Waals surface area contributed by atoms with Crippen LogP contribution in [-0.2, 0) is 9.53 Å². The summed E-state index contributed by atoms with van der Waals surface area (Å²) in [6, 6.07) is 0. The first-order chi connectivity index (χ1) is 6.39. The highest BCUT2D eigenvalue weighted by atomic mass is 16.5. The number of rotatable bonds is 6. The lowest BCUT2D eigenvalue weighted by Gasteiger charge is -2.23. The molecule has 1 unspecified atom stereocenters. The van der Waals surface area contributed by atoms with Crippen LogP contribution >= 0.6 is 0 Å². The molecule has 1 amide bonds. The van der Waals surface area contributed by atoms with Crippen molar-refractivity contribution in [1.29, 1.82) is 0 Å². The molecule has 1 atom stereocenters. The largest absolute Gasteiger partial charge is 0.388 e. The van der Waals surface area contributed by atoms with E-state index in [1.165, 1.54) is 0 Å². The van der Waals surface area contributed by atoms with E-state index in [4.69, 9.17) is 4.74 Å². The molecule has 14 heavy (non-hydrogen) atoms. The number of aliphatic hydroxyl groups is 1. The zero-order valence-electron chi connectivity index (χ0n) is 9.46. The van der Waals surface area contributed by atoms with Crippen molar-refractivity contribution in [2.75, 3.05) is 20.3 Å². The van der Waals surface area contributed by atoms with Crippen LogP contribution in [0.2, 0.25) is 0 Å². The number of carbonyl (C=O) groups is 1. The first-order valence-electron chi connectivity index (χ1n) is 4.88. The number of carbonyl (C=O) groups excluding carboxylic acids is 1. The topological polar surface area (TPSA) is 58.6 Å². The van der Waals surface area contributed by atoms with Crippen molar-refractivity contribution in [3.8, 4) is 0 Å². The van der Waals surface area contributed by atoms with Gasteiger partial charge < -0.3 is 15.2 Å². The predicted octanol–water partition coefficient (Wildman–Crippen LogP) is 0.546. The lowest BCUT2D eigenvalue weighted by molar-refractivity contribution is -0.125. The third-order valence-electron chi connectivity index (χ3n) is 2.01. The molecular formula is C10H21NO3. The van der Waals surface area contributed by atoms with E-state index in [1.54, 1.807) is 14.0 Å². The summed E-state index contributed by atoms with van der Waals surface area (Å²) in [5.74, 6) is -0.0871. The average molecular weight is 203 g/mol. The fourth-order valence-corrected chi connectivity index (χ4v) is 0.892. The van der Waals surface area contributed by atoms with Gasteiger partial charge in [0.1, 0.15) is 0 Å². The zero-order chi connectivity index (χ0) is 11.2. The maximum absolute atomic E-state index is 11.2. The van der Waals surface area contributed by atoms with Gasteiger partial charge in [0.15, 0.2) is 0 Å². The zero-order valence-corrected chi connectivity index (χ0v) is 9.46. The maximum atomic E-state index is 11.2. The van der Waals surface area contributed by atoms with Gasteiger partial charge in [0.2, 0.25) is 5.91 Å². The van der Waals surface area contributed by atoms with Crippen LogP contribution in [0, 0.1) is 5.92 Å². The van der Waals surface area contributed by atoms with Crippen molar-refractivity contribution in [2.24, 2.45) is 5.92 Å². The van der Waals surface area contributed by atoms with Gasteiger partial charge in [-0.25, -0.2) is 0 Å². The Morgan fingerprint density at radius 1 is 1.57 bits per heavy atom. The van der Waals surface area contributed by atoms with E-state index in [-0.39, 0.29) is 18.4 Å². The van der Waals surface area contributed by atoms with Gasteiger partial charge in [-0.1, -0.05) is 13.8 Å². The van der Waals surface area contributed by atoms with E-state index in [0.717, 1.165) is 0 Å². The van der Waals surface area contributed by atoms with Crippen molar-refractivity contribution < 1.29 is 14.6 Å². The molecule has 4 heteroatoms. The monoisotopic (exact) mass is 203 g/mol. The molecule has 0 saturated carbocycles. The molecule has 0 rings (SSSR count). The minimum Gasteiger partial charge on any atom is -0.388 e. The smallest absolute Gasteiger partial charge is 0.222 e. The van der Waals surface area contributed by atoms with Crippen molar-refractivity contribution in [3.05, 3.63) is 0 Å². The fraction of sp³-hybridized carbons (Fsp3) is 0.900. The normalized spacial score (nSPS) is 15.3. The summed E-state index contributed by atoms with van der Waals surface area (Å²) in [6.07, 6.45) is 0.516. The molecule has 0 aliphatic heterocycles. The van der Waals surface area contributed by atoms with Gasteiger partial charge in [-0.2, -0.15) is 0 Å². The molecule has 0 bridgehead atoms. The second kappa shape index (κ2) is 5.98. The summed E-state index contributed by atoms with van der Waals surface area (Å²) in [5.41, 5.74) is -0.888. The highest BCUT2D eigenvalue weighted by Crippen LogP contribution is 2.07. The molecule has 84 valence electrons. The van der Waals surface area contributed by atoms with E-state index in [2.05, 4.69) is 5.32 Å².